The third kappa shape index (κ3) is 0.821. The molecule has 0 amide bonds. The van der Waals surface area contributed by atoms with Crippen molar-refractivity contribution in [2.24, 2.45) is 0 Å². The summed E-state index contributed by atoms with van der Waals surface area (Å²) in [6.45, 7) is 1.24. The molecular weight excluding hydrogens is 267 g/mol. The topological polar surface area (TPSA) is 74.2 Å². The van der Waals surface area contributed by atoms with Gasteiger partial charge in [-0.15, -0.1) is 0 Å². The van der Waals surface area contributed by atoms with E-state index in [9.17, 15) is 4.79 Å². The zero-order chi connectivity index (χ0) is 7.41. The molecule has 0 spiro atoms. The molecule has 3 rings (SSSR count). The Kier molecular flexibility index (Phi) is 1.21. The maximum absolute atomic E-state index is 10.3. The molecule has 3 aliphatic rings. The standard InChI is InChI=1S/C2H4O2.HO4Si.Sn/c1-2(3)4;1-5(2,3)4;/h1H3,(H,3,4);1H;/q;-3;+4/p-1. The van der Waals surface area contributed by atoms with E-state index in [1.165, 1.54) is 6.92 Å². The Balaban J connectivity index is 1.93. The van der Waals surface area contributed by atoms with Crippen LogP contribution in [0, 0.1) is 0 Å². The molecule has 0 aromatic carbocycles. The average molecular weight is 271 g/mol. The van der Waals surface area contributed by atoms with Crippen LogP contribution in [0.5, 0.6) is 0 Å². The number of rotatable bonds is 1. The molecule has 1 N–H and O–H groups in total. The third-order valence-corrected chi connectivity index (χ3v) is 17.1. The Bertz CT molecular complexity index is 184. The van der Waals surface area contributed by atoms with Gasteiger partial charge in [-0.2, -0.15) is 0 Å². The SMILES string of the molecule is CC(=O)[O][Sn]12[O][Si](O)([O]1)[O]2. The van der Waals surface area contributed by atoms with E-state index in [4.69, 9.17) is 13.1 Å². The summed E-state index contributed by atoms with van der Waals surface area (Å²) < 4.78 is 18.8. The molecule has 2 bridgehead atoms. The minimum absolute atomic E-state index is 0.494. The van der Waals surface area contributed by atoms with Gasteiger partial charge in [0.15, 0.2) is 0 Å². The van der Waals surface area contributed by atoms with Crippen molar-refractivity contribution in [3.63, 3.8) is 0 Å². The van der Waals surface area contributed by atoms with E-state index in [1.54, 1.807) is 0 Å². The van der Waals surface area contributed by atoms with Gasteiger partial charge < -0.3 is 0 Å². The molecule has 3 heterocycles. The first-order valence-corrected chi connectivity index (χ1v) is 8.89. The van der Waals surface area contributed by atoms with Crippen molar-refractivity contribution in [3.05, 3.63) is 0 Å². The molecule has 3 aliphatic heterocycles. The number of hydrogen-bond acceptors (Lipinski definition) is 6. The second kappa shape index (κ2) is 1.73. The van der Waals surface area contributed by atoms with Crippen LogP contribution in [0.25, 0.3) is 0 Å². The molecule has 0 aromatic rings. The molecule has 8 heteroatoms. The summed E-state index contributed by atoms with van der Waals surface area (Å²) in [6, 6.07) is 0. The predicted octanol–water partition coefficient (Wildman–Crippen LogP) is -1.51. The zero-order valence-electron chi connectivity index (χ0n) is 4.99. The summed E-state index contributed by atoms with van der Waals surface area (Å²) >= 11 is -3.71. The van der Waals surface area contributed by atoms with E-state index in [2.05, 4.69) is 3.07 Å². The Labute approximate surface area is 63.2 Å². The van der Waals surface area contributed by atoms with Gasteiger partial charge >= 0.3 is 62.9 Å². The van der Waals surface area contributed by atoms with Crippen LogP contribution in [0.15, 0.2) is 0 Å². The van der Waals surface area contributed by atoms with E-state index in [1.807, 2.05) is 0 Å². The van der Waals surface area contributed by atoms with Gasteiger partial charge in [0.05, 0.1) is 0 Å². The molecule has 3 saturated heterocycles. The fraction of sp³-hybridized carbons (Fsp3) is 0.500. The Morgan fingerprint density at radius 1 is 1.60 bits per heavy atom. The second-order valence-electron chi connectivity index (χ2n) is 1.92. The van der Waals surface area contributed by atoms with Crippen LogP contribution in [0.1, 0.15) is 6.92 Å². The predicted molar refractivity (Wildman–Crippen MR) is 28.7 cm³/mol. The number of hydrogen-bond donors (Lipinski definition) is 1. The zero-order valence-corrected chi connectivity index (χ0v) is 8.84. The van der Waals surface area contributed by atoms with Crippen molar-refractivity contribution in [2.45, 2.75) is 6.92 Å². The van der Waals surface area contributed by atoms with Crippen molar-refractivity contribution < 1.29 is 21.0 Å². The molecule has 0 radical (unpaired) electrons. The van der Waals surface area contributed by atoms with Crippen LogP contribution in [0.2, 0.25) is 0 Å². The van der Waals surface area contributed by atoms with Gasteiger partial charge in [-0.1, -0.05) is 0 Å². The summed E-state index contributed by atoms with van der Waals surface area (Å²) in [7, 11) is -3.13. The van der Waals surface area contributed by atoms with Crippen LogP contribution >= 0.6 is 0 Å². The van der Waals surface area contributed by atoms with Gasteiger partial charge in [-0.25, -0.2) is 0 Å². The van der Waals surface area contributed by atoms with Crippen molar-refractivity contribution in [3.8, 4) is 0 Å². The molecule has 56 valence electrons. The summed E-state index contributed by atoms with van der Waals surface area (Å²) in [5, 5.41) is 0. The van der Waals surface area contributed by atoms with E-state index in [-0.39, 0.29) is 0 Å². The van der Waals surface area contributed by atoms with Crippen LogP contribution < -0.4 is 0 Å². The van der Waals surface area contributed by atoms with Crippen LogP contribution in [0.4, 0.5) is 0 Å². The molecule has 0 aliphatic carbocycles. The molecule has 6 nitrogen and oxygen atoms in total. The van der Waals surface area contributed by atoms with Crippen LogP contribution in [-0.2, 0) is 16.2 Å². The van der Waals surface area contributed by atoms with Gasteiger partial charge in [-0.3, -0.25) is 0 Å². The van der Waals surface area contributed by atoms with Crippen molar-refractivity contribution >= 4 is 35.1 Å². The molecular formula is C2H4O6SiSn. The normalized spacial score (nSPS) is 49.0. The molecule has 0 aromatic heterocycles. The summed E-state index contributed by atoms with van der Waals surface area (Å²) in [5.74, 6) is -0.494. The first-order valence-electron chi connectivity index (χ1n) is 2.56. The molecule has 0 atom stereocenters. The van der Waals surface area contributed by atoms with Crippen molar-refractivity contribution in [1.29, 1.82) is 0 Å². The molecule has 10 heavy (non-hydrogen) atoms. The summed E-state index contributed by atoms with van der Waals surface area (Å²) in [6.07, 6.45) is 0. The monoisotopic (exact) mass is 272 g/mol. The Hall–Kier alpha value is 0.326. The first kappa shape index (κ1) is 7.00. The molecule has 3 fully saturated rings. The summed E-state index contributed by atoms with van der Waals surface area (Å²) in [4.78, 5) is 19.1. The van der Waals surface area contributed by atoms with Crippen molar-refractivity contribution in [2.75, 3.05) is 0 Å². The quantitative estimate of drug-likeness (QED) is 0.584. The number of carbonyl (C=O) groups excluding carboxylic acids is 1. The fourth-order valence-electron chi connectivity index (χ4n) is 0.735. The van der Waals surface area contributed by atoms with E-state index in [0.29, 0.717) is 0 Å². The third-order valence-electron chi connectivity index (χ3n) is 1.03. The second-order valence-corrected chi connectivity index (χ2v) is 12.3. The first-order chi connectivity index (χ1) is 4.54. The number of carbonyl (C=O) groups is 1. The van der Waals surface area contributed by atoms with Crippen LogP contribution in [0.3, 0.4) is 0 Å². The minimum atomic E-state index is -3.71. The van der Waals surface area contributed by atoms with Crippen LogP contribution in [-0.4, -0.2) is 39.8 Å². The van der Waals surface area contributed by atoms with E-state index in [0.717, 1.165) is 0 Å². The van der Waals surface area contributed by atoms with Gasteiger partial charge in [-0.05, 0) is 0 Å². The Morgan fingerprint density at radius 3 is 2.40 bits per heavy atom. The van der Waals surface area contributed by atoms with Gasteiger partial charge in [0.1, 0.15) is 0 Å². The van der Waals surface area contributed by atoms with Crippen molar-refractivity contribution in [1.82, 2.24) is 0 Å². The summed E-state index contributed by atoms with van der Waals surface area (Å²) in [5.41, 5.74) is 0. The maximum atomic E-state index is 10.3. The van der Waals surface area contributed by atoms with Gasteiger partial charge in [0.2, 0.25) is 0 Å². The molecule has 0 saturated carbocycles. The average Bonchev–Trinajstić information content (AvgIpc) is 1.56. The van der Waals surface area contributed by atoms with Gasteiger partial charge in [0, 0.05) is 0 Å². The van der Waals surface area contributed by atoms with Gasteiger partial charge in [0.25, 0.3) is 0 Å². The fourth-order valence-corrected chi connectivity index (χ4v) is 12.4. The molecule has 0 unspecified atom stereocenters. The Morgan fingerprint density at radius 2 is 2.10 bits per heavy atom. The van der Waals surface area contributed by atoms with E-state index < -0.39 is 35.1 Å². The van der Waals surface area contributed by atoms with E-state index >= 15 is 0 Å².